The first kappa shape index (κ1) is 25.4. The van der Waals surface area contributed by atoms with Gasteiger partial charge in [-0.2, -0.15) is 0 Å². The summed E-state index contributed by atoms with van der Waals surface area (Å²) in [5.74, 6) is 1.65. The Labute approximate surface area is 204 Å². The highest BCUT2D eigenvalue weighted by Gasteiger charge is 2.34. The standard InChI is InChI=1S/C27H36N2O3.ClH/c1-20(24-11-7-8-14-28(24)15-12-21-9-5-4-6-10-21)29-16-13-22-17-25(31-2)26(32-3)18-23(22)19-27(29)30;/h4-6,9-10,17-18,20,24H,7-8,11-16,19H2,1-3H3;1H. The Morgan fingerprint density at radius 3 is 2.39 bits per heavy atom. The van der Waals surface area contributed by atoms with E-state index in [1.807, 2.05) is 12.1 Å². The largest absolute Gasteiger partial charge is 0.493 e. The van der Waals surface area contributed by atoms with Crippen molar-refractivity contribution in [3.8, 4) is 11.5 Å². The Hall–Kier alpha value is -2.24. The maximum absolute atomic E-state index is 13.3. The van der Waals surface area contributed by atoms with Crippen molar-refractivity contribution in [3.05, 3.63) is 59.2 Å². The van der Waals surface area contributed by atoms with Gasteiger partial charge in [-0.3, -0.25) is 9.69 Å². The molecule has 2 aliphatic heterocycles. The third kappa shape index (κ3) is 5.82. The van der Waals surface area contributed by atoms with Crippen molar-refractivity contribution in [2.24, 2.45) is 0 Å². The number of fused-ring (bicyclic) bond motifs is 1. The van der Waals surface area contributed by atoms with Crippen molar-refractivity contribution in [2.45, 2.75) is 57.5 Å². The number of hydrogen-bond donors (Lipinski definition) is 0. The minimum Gasteiger partial charge on any atom is -0.493 e. The van der Waals surface area contributed by atoms with Crippen molar-refractivity contribution in [3.63, 3.8) is 0 Å². The van der Waals surface area contributed by atoms with Crippen LogP contribution in [0.1, 0.15) is 42.9 Å². The molecule has 5 nitrogen and oxygen atoms in total. The van der Waals surface area contributed by atoms with E-state index in [0.29, 0.717) is 18.2 Å². The molecular formula is C27H37ClN2O3. The fourth-order valence-corrected chi connectivity index (χ4v) is 5.39. The molecule has 2 aliphatic rings. The summed E-state index contributed by atoms with van der Waals surface area (Å²) in [6.07, 6.45) is 5.99. The van der Waals surface area contributed by atoms with E-state index in [1.165, 1.54) is 24.0 Å². The van der Waals surface area contributed by atoms with Crippen LogP contribution in [0, 0.1) is 0 Å². The molecule has 2 aromatic rings. The lowest BCUT2D eigenvalue weighted by molar-refractivity contribution is -0.134. The minimum atomic E-state index is 0. The second-order valence-corrected chi connectivity index (χ2v) is 9.07. The monoisotopic (exact) mass is 472 g/mol. The zero-order valence-electron chi connectivity index (χ0n) is 20.1. The van der Waals surface area contributed by atoms with Gasteiger partial charge in [0.2, 0.25) is 5.91 Å². The smallest absolute Gasteiger partial charge is 0.227 e. The van der Waals surface area contributed by atoms with Gasteiger partial charge in [-0.15, -0.1) is 12.4 Å². The predicted molar refractivity (Wildman–Crippen MR) is 135 cm³/mol. The first-order valence-corrected chi connectivity index (χ1v) is 11.9. The van der Waals surface area contributed by atoms with Gasteiger partial charge in [0.1, 0.15) is 0 Å². The number of carbonyl (C=O) groups excluding carboxylic acids is 1. The van der Waals surface area contributed by atoms with Crippen LogP contribution in [-0.4, -0.2) is 61.6 Å². The van der Waals surface area contributed by atoms with E-state index < -0.39 is 0 Å². The van der Waals surface area contributed by atoms with Crippen LogP contribution < -0.4 is 9.47 Å². The van der Waals surface area contributed by atoms with Crippen LogP contribution in [0.5, 0.6) is 11.5 Å². The summed E-state index contributed by atoms with van der Waals surface area (Å²) in [7, 11) is 3.30. The van der Waals surface area contributed by atoms with Gasteiger partial charge < -0.3 is 14.4 Å². The number of halogens is 1. The first-order valence-electron chi connectivity index (χ1n) is 11.9. The van der Waals surface area contributed by atoms with Crippen molar-refractivity contribution in [1.29, 1.82) is 0 Å². The summed E-state index contributed by atoms with van der Waals surface area (Å²) in [6.45, 7) is 5.18. The molecule has 0 spiro atoms. The van der Waals surface area contributed by atoms with Crippen molar-refractivity contribution < 1.29 is 14.3 Å². The van der Waals surface area contributed by atoms with E-state index >= 15 is 0 Å². The molecule has 2 atom stereocenters. The van der Waals surface area contributed by atoms with Crippen LogP contribution in [0.4, 0.5) is 0 Å². The van der Waals surface area contributed by atoms with Gasteiger partial charge in [-0.1, -0.05) is 36.8 Å². The van der Waals surface area contributed by atoms with Gasteiger partial charge in [-0.25, -0.2) is 0 Å². The lowest BCUT2D eigenvalue weighted by atomic mass is 9.94. The number of amides is 1. The molecule has 2 unspecified atom stereocenters. The summed E-state index contributed by atoms with van der Waals surface area (Å²) in [6, 6.07) is 15.4. The highest BCUT2D eigenvalue weighted by molar-refractivity contribution is 5.85. The minimum absolute atomic E-state index is 0. The molecule has 0 saturated carbocycles. The Bertz CT molecular complexity index is 921. The van der Waals surface area contributed by atoms with E-state index in [9.17, 15) is 4.79 Å². The molecule has 180 valence electrons. The maximum atomic E-state index is 13.3. The molecule has 0 aromatic heterocycles. The lowest BCUT2D eigenvalue weighted by Gasteiger charge is -2.43. The number of carbonyl (C=O) groups is 1. The summed E-state index contributed by atoms with van der Waals surface area (Å²) in [5, 5.41) is 0. The number of hydrogen-bond acceptors (Lipinski definition) is 4. The average Bonchev–Trinajstić information content (AvgIpc) is 2.99. The second-order valence-electron chi connectivity index (χ2n) is 9.07. The Morgan fingerprint density at radius 1 is 1.00 bits per heavy atom. The number of benzene rings is 2. The van der Waals surface area contributed by atoms with Gasteiger partial charge in [0, 0.05) is 25.2 Å². The summed E-state index contributed by atoms with van der Waals surface area (Å²) < 4.78 is 11.0. The van der Waals surface area contributed by atoms with Crippen LogP contribution in [0.3, 0.4) is 0 Å². The van der Waals surface area contributed by atoms with Gasteiger partial charge in [0.15, 0.2) is 11.5 Å². The zero-order valence-corrected chi connectivity index (χ0v) is 20.9. The molecule has 1 saturated heterocycles. The molecule has 0 N–H and O–H groups in total. The predicted octanol–water partition coefficient (Wildman–Crippen LogP) is 4.54. The molecule has 33 heavy (non-hydrogen) atoms. The first-order chi connectivity index (χ1) is 15.6. The highest BCUT2D eigenvalue weighted by atomic mass is 35.5. The lowest BCUT2D eigenvalue weighted by Crippen LogP contribution is -2.54. The normalized spacial score (nSPS) is 19.8. The fraction of sp³-hybridized carbons (Fsp3) is 0.519. The number of likely N-dealkylation sites (tertiary alicyclic amines) is 1. The molecular weight excluding hydrogens is 436 g/mol. The summed E-state index contributed by atoms with van der Waals surface area (Å²) in [4.78, 5) is 18.1. The van der Waals surface area contributed by atoms with Crippen molar-refractivity contribution in [2.75, 3.05) is 33.9 Å². The van der Waals surface area contributed by atoms with E-state index in [2.05, 4.69) is 47.1 Å². The third-order valence-corrected chi connectivity index (χ3v) is 7.23. The number of nitrogens with zero attached hydrogens (tertiary/aromatic N) is 2. The Morgan fingerprint density at radius 2 is 1.70 bits per heavy atom. The van der Waals surface area contributed by atoms with Crippen LogP contribution in [-0.2, 0) is 24.1 Å². The van der Waals surface area contributed by atoms with Crippen molar-refractivity contribution in [1.82, 2.24) is 9.80 Å². The van der Waals surface area contributed by atoms with Crippen LogP contribution >= 0.6 is 12.4 Å². The number of piperidine rings is 1. The fourth-order valence-electron chi connectivity index (χ4n) is 5.39. The van der Waals surface area contributed by atoms with Gasteiger partial charge in [-0.05, 0) is 68.0 Å². The third-order valence-electron chi connectivity index (χ3n) is 7.23. The van der Waals surface area contributed by atoms with Crippen LogP contribution in [0.15, 0.2) is 42.5 Å². The molecule has 6 heteroatoms. The number of ether oxygens (including phenoxy) is 2. The molecule has 1 fully saturated rings. The van der Waals surface area contributed by atoms with Gasteiger partial charge in [0.05, 0.1) is 20.6 Å². The topological polar surface area (TPSA) is 42.0 Å². The Balaban J connectivity index is 0.00000306. The maximum Gasteiger partial charge on any atom is 0.227 e. The van der Waals surface area contributed by atoms with E-state index in [-0.39, 0.29) is 24.4 Å². The molecule has 0 radical (unpaired) electrons. The SMILES string of the molecule is COc1cc2c(cc1OC)CC(=O)N(C(C)C1CCCCN1CCc1ccccc1)CC2.Cl. The van der Waals surface area contributed by atoms with Crippen LogP contribution in [0.2, 0.25) is 0 Å². The van der Waals surface area contributed by atoms with E-state index in [4.69, 9.17) is 9.47 Å². The average molecular weight is 473 g/mol. The molecule has 0 bridgehead atoms. The molecule has 1 amide bonds. The number of rotatable bonds is 7. The van der Waals surface area contributed by atoms with Gasteiger partial charge >= 0.3 is 0 Å². The number of methoxy groups -OCH3 is 2. The molecule has 0 aliphatic carbocycles. The van der Waals surface area contributed by atoms with E-state index in [0.717, 1.165) is 50.2 Å². The quantitative estimate of drug-likeness (QED) is 0.593. The second kappa shape index (κ2) is 11.8. The Kier molecular flexibility index (Phi) is 9.04. The van der Waals surface area contributed by atoms with E-state index in [1.54, 1.807) is 14.2 Å². The highest BCUT2D eigenvalue weighted by Crippen LogP contribution is 2.33. The molecule has 2 aromatic carbocycles. The van der Waals surface area contributed by atoms with Crippen LogP contribution in [0.25, 0.3) is 0 Å². The molecule has 4 rings (SSSR count). The van der Waals surface area contributed by atoms with Crippen molar-refractivity contribution >= 4 is 18.3 Å². The summed E-state index contributed by atoms with van der Waals surface area (Å²) >= 11 is 0. The molecule has 2 heterocycles. The van der Waals surface area contributed by atoms with Gasteiger partial charge in [0.25, 0.3) is 0 Å². The zero-order chi connectivity index (χ0) is 22.5. The summed E-state index contributed by atoms with van der Waals surface area (Å²) in [5.41, 5.74) is 3.64.